The van der Waals surface area contributed by atoms with Crippen molar-refractivity contribution in [2.75, 3.05) is 14.2 Å². The number of ether oxygens (including phenoxy) is 3. The number of nitrogens with zero attached hydrogens (tertiary/aromatic N) is 2. The van der Waals surface area contributed by atoms with Gasteiger partial charge in [-0.1, -0.05) is 19.1 Å². The van der Waals surface area contributed by atoms with E-state index in [9.17, 15) is 18.4 Å². The lowest BCUT2D eigenvalue weighted by atomic mass is 9.89. The third-order valence-corrected chi connectivity index (χ3v) is 5.38. The van der Waals surface area contributed by atoms with E-state index >= 15 is 0 Å². The number of halogens is 2. The van der Waals surface area contributed by atoms with Gasteiger partial charge in [-0.15, -0.1) is 0 Å². The summed E-state index contributed by atoms with van der Waals surface area (Å²) < 4.78 is 39.7. The number of alkyl halides is 2. The van der Waals surface area contributed by atoms with Crippen LogP contribution in [0.15, 0.2) is 47.6 Å². The molecule has 0 spiro atoms. The molecule has 8 nitrogen and oxygen atoms in total. The number of nitrogens with two attached hydrogens (primary N) is 1. The van der Waals surface area contributed by atoms with Gasteiger partial charge in [0.2, 0.25) is 5.91 Å². The third kappa shape index (κ3) is 5.28. The molecule has 3 rings (SSSR count). The Hall–Kier alpha value is -3.53. The Morgan fingerprint density at radius 2 is 1.88 bits per heavy atom. The van der Waals surface area contributed by atoms with Crippen molar-refractivity contribution in [3.05, 3.63) is 59.2 Å². The minimum Gasteiger partial charge on any atom is -0.493 e. The van der Waals surface area contributed by atoms with Crippen LogP contribution in [0, 0.1) is 5.92 Å². The minimum atomic E-state index is -2.99. The summed E-state index contributed by atoms with van der Waals surface area (Å²) in [6.45, 7) is -1.06. The van der Waals surface area contributed by atoms with Crippen LogP contribution in [0.25, 0.3) is 0 Å². The van der Waals surface area contributed by atoms with Crippen LogP contribution in [-0.4, -0.2) is 43.4 Å². The van der Waals surface area contributed by atoms with Crippen LogP contribution in [0.1, 0.15) is 47.4 Å². The molecule has 1 heterocycles. The second-order valence-corrected chi connectivity index (χ2v) is 7.34. The normalized spacial score (nSPS) is 16.9. The maximum absolute atomic E-state index is 12.8. The van der Waals surface area contributed by atoms with Gasteiger partial charge in [0.15, 0.2) is 11.5 Å². The van der Waals surface area contributed by atoms with Gasteiger partial charge in [-0.3, -0.25) is 4.79 Å². The van der Waals surface area contributed by atoms with Crippen molar-refractivity contribution in [1.82, 2.24) is 5.01 Å². The van der Waals surface area contributed by atoms with Gasteiger partial charge in [0.25, 0.3) is 0 Å². The summed E-state index contributed by atoms with van der Waals surface area (Å²) in [4.78, 5) is 24.5. The number of rotatable bonds is 8. The van der Waals surface area contributed by atoms with Crippen LogP contribution in [0.2, 0.25) is 0 Å². The van der Waals surface area contributed by atoms with E-state index in [1.54, 1.807) is 36.4 Å². The average Bonchev–Trinajstić information content (AvgIpc) is 2.83. The van der Waals surface area contributed by atoms with Crippen LogP contribution >= 0.6 is 0 Å². The second kappa shape index (κ2) is 10.4. The van der Waals surface area contributed by atoms with E-state index in [0.29, 0.717) is 28.8 Å². The number of carbonyl (C=O) groups excluding carboxylic acids is 2. The Balaban J connectivity index is 1.96. The first-order valence-electron chi connectivity index (χ1n) is 10.3. The molecule has 0 aromatic heterocycles. The lowest BCUT2D eigenvalue weighted by molar-refractivity contribution is -0.135. The van der Waals surface area contributed by atoms with Crippen LogP contribution in [0.5, 0.6) is 11.5 Å². The molecular formula is C23H25F2N3O5. The molecule has 0 saturated heterocycles. The monoisotopic (exact) mass is 461 g/mol. The van der Waals surface area contributed by atoms with E-state index in [1.807, 2.05) is 6.92 Å². The maximum atomic E-state index is 12.8. The number of hydrogen-bond donors (Lipinski definition) is 1. The van der Waals surface area contributed by atoms with Crippen molar-refractivity contribution in [2.45, 2.75) is 32.5 Å². The molecule has 0 bridgehead atoms. The van der Waals surface area contributed by atoms with Gasteiger partial charge in [-0.05, 0) is 42.3 Å². The lowest BCUT2D eigenvalue weighted by Gasteiger charge is -2.33. The first kappa shape index (κ1) is 24.1. The fourth-order valence-corrected chi connectivity index (χ4v) is 3.60. The quantitative estimate of drug-likeness (QED) is 0.602. The van der Waals surface area contributed by atoms with E-state index in [1.165, 1.54) is 25.3 Å². The zero-order valence-electron chi connectivity index (χ0n) is 18.5. The lowest BCUT2D eigenvalue weighted by Crippen LogP contribution is -2.42. The van der Waals surface area contributed by atoms with Gasteiger partial charge < -0.3 is 19.9 Å². The Bertz CT molecular complexity index is 1040. The topological polar surface area (TPSA) is 103 Å². The fraction of sp³-hybridized carbons (Fsp3) is 0.348. The molecule has 2 N–H and O–H groups in total. The van der Waals surface area contributed by atoms with Crippen LogP contribution in [-0.2, 0) is 9.53 Å². The molecule has 2 aromatic carbocycles. The van der Waals surface area contributed by atoms with Gasteiger partial charge in [-0.2, -0.15) is 13.9 Å². The predicted octanol–water partition coefficient (Wildman–Crippen LogP) is 3.70. The molecule has 176 valence electrons. The molecule has 10 heteroatoms. The third-order valence-electron chi connectivity index (χ3n) is 5.38. The summed E-state index contributed by atoms with van der Waals surface area (Å²) in [5, 5.41) is 5.74. The number of methoxy groups -OCH3 is 2. The summed E-state index contributed by atoms with van der Waals surface area (Å²) in [5.41, 5.74) is 8.45. The highest BCUT2D eigenvalue weighted by Crippen LogP contribution is 2.33. The van der Waals surface area contributed by atoms with Crippen molar-refractivity contribution < 1.29 is 32.6 Å². The predicted molar refractivity (Wildman–Crippen MR) is 116 cm³/mol. The van der Waals surface area contributed by atoms with Gasteiger partial charge >= 0.3 is 12.6 Å². The first-order valence-corrected chi connectivity index (χ1v) is 10.3. The Labute approximate surface area is 189 Å². The molecule has 1 amide bonds. The van der Waals surface area contributed by atoms with E-state index in [2.05, 4.69) is 14.6 Å². The van der Waals surface area contributed by atoms with Crippen molar-refractivity contribution in [1.29, 1.82) is 0 Å². The molecule has 2 aromatic rings. The smallest absolute Gasteiger partial charge is 0.387 e. The molecule has 0 radical (unpaired) electrons. The number of amides is 1. The fourth-order valence-electron chi connectivity index (χ4n) is 3.60. The second-order valence-electron chi connectivity index (χ2n) is 7.34. The molecule has 0 saturated carbocycles. The van der Waals surface area contributed by atoms with Gasteiger partial charge in [0, 0.05) is 17.9 Å². The number of esters is 1. The largest absolute Gasteiger partial charge is 0.493 e. The molecule has 1 aliphatic heterocycles. The zero-order valence-corrected chi connectivity index (χ0v) is 18.5. The van der Waals surface area contributed by atoms with Crippen LogP contribution in [0.3, 0.4) is 0 Å². The maximum Gasteiger partial charge on any atom is 0.387 e. The molecule has 2 unspecified atom stereocenters. The number of hydrazone groups is 1. The van der Waals surface area contributed by atoms with Crippen molar-refractivity contribution >= 4 is 17.6 Å². The number of hydrogen-bond acceptors (Lipinski definition) is 7. The van der Waals surface area contributed by atoms with Crippen LogP contribution < -0.4 is 15.2 Å². The number of carbonyl (C=O) groups is 2. The van der Waals surface area contributed by atoms with Crippen molar-refractivity contribution in [2.24, 2.45) is 16.8 Å². The highest BCUT2D eigenvalue weighted by Gasteiger charge is 2.33. The van der Waals surface area contributed by atoms with E-state index in [0.717, 1.165) is 0 Å². The van der Waals surface area contributed by atoms with E-state index in [-0.39, 0.29) is 29.7 Å². The molecule has 0 aliphatic carbocycles. The Morgan fingerprint density at radius 3 is 2.45 bits per heavy atom. The van der Waals surface area contributed by atoms with Crippen LogP contribution in [0.4, 0.5) is 8.78 Å². The Morgan fingerprint density at radius 1 is 1.18 bits per heavy atom. The van der Waals surface area contributed by atoms with Gasteiger partial charge in [0.1, 0.15) is 6.17 Å². The summed E-state index contributed by atoms with van der Waals surface area (Å²) in [6, 6.07) is 10.9. The molecular weight excluding hydrogens is 436 g/mol. The van der Waals surface area contributed by atoms with Crippen molar-refractivity contribution in [3.8, 4) is 11.5 Å². The Kier molecular flexibility index (Phi) is 7.59. The summed E-state index contributed by atoms with van der Waals surface area (Å²) in [5.74, 6) is -0.898. The molecule has 0 fully saturated rings. The molecule has 1 aliphatic rings. The minimum absolute atomic E-state index is 0.101. The highest BCUT2D eigenvalue weighted by atomic mass is 19.3. The molecule has 2 atom stereocenters. The summed E-state index contributed by atoms with van der Waals surface area (Å²) >= 11 is 0. The van der Waals surface area contributed by atoms with Gasteiger partial charge in [-0.25, -0.2) is 9.80 Å². The SMILES string of the molecule is CCC1CC(=O)N(C(N)c2ccc(C(=O)OC)cc2)N=C1c1ccc(OC(F)F)c(OC)c1. The van der Waals surface area contributed by atoms with E-state index in [4.69, 9.17) is 10.5 Å². The summed E-state index contributed by atoms with van der Waals surface area (Å²) in [6.07, 6.45) is -0.0692. The van der Waals surface area contributed by atoms with Crippen molar-refractivity contribution in [3.63, 3.8) is 0 Å². The highest BCUT2D eigenvalue weighted by molar-refractivity contribution is 6.06. The van der Waals surface area contributed by atoms with E-state index < -0.39 is 18.7 Å². The zero-order chi connectivity index (χ0) is 24.1. The summed E-state index contributed by atoms with van der Waals surface area (Å²) in [7, 11) is 2.64. The number of benzene rings is 2. The average molecular weight is 461 g/mol. The van der Waals surface area contributed by atoms with Gasteiger partial charge in [0.05, 0.1) is 25.5 Å². The first-order chi connectivity index (χ1) is 15.8. The molecule has 33 heavy (non-hydrogen) atoms. The standard InChI is InChI=1S/C23H25F2N3O5/c1-4-13-12-19(29)28(21(26)14-5-7-15(8-6-14)22(30)32-3)27-20(13)16-9-10-17(33-23(24)25)18(11-16)31-2/h5-11,13,21,23H,4,12,26H2,1-3H3.